The van der Waals surface area contributed by atoms with Crippen LogP contribution in [-0.4, -0.2) is 26.8 Å². The first-order valence-electron chi connectivity index (χ1n) is 9.17. The van der Waals surface area contributed by atoms with E-state index < -0.39 is 17.7 Å². The van der Waals surface area contributed by atoms with E-state index in [1.54, 1.807) is 36.7 Å². The predicted molar refractivity (Wildman–Crippen MR) is 109 cm³/mol. The summed E-state index contributed by atoms with van der Waals surface area (Å²) in [4.78, 5) is 35.6. The molecule has 6 nitrogen and oxygen atoms in total. The highest BCUT2D eigenvalue weighted by molar-refractivity contribution is 6.51. The Morgan fingerprint density at radius 3 is 2.21 bits per heavy atom. The summed E-state index contributed by atoms with van der Waals surface area (Å²) >= 11 is 0. The van der Waals surface area contributed by atoms with E-state index in [1.165, 1.54) is 17.3 Å². The first-order valence-corrected chi connectivity index (χ1v) is 9.17. The van der Waals surface area contributed by atoms with Gasteiger partial charge in [0.1, 0.15) is 5.76 Å². The molecule has 4 rings (SSSR count). The number of ketones is 1. The zero-order valence-electron chi connectivity index (χ0n) is 16.0. The third-order valence-corrected chi connectivity index (χ3v) is 5.04. The predicted octanol–water partition coefficient (Wildman–Crippen LogP) is 3.72. The summed E-state index contributed by atoms with van der Waals surface area (Å²) in [5.74, 6) is -1.61. The first-order chi connectivity index (χ1) is 14.0. The van der Waals surface area contributed by atoms with Crippen molar-refractivity contribution in [2.45, 2.75) is 19.9 Å². The Morgan fingerprint density at radius 1 is 0.931 bits per heavy atom. The van der Waals surface area contributed by atoms with Gasteiger partial charge in [-0.25, -0.2) is 0 Å². The molecule has 1 fully saturated rings. The molecule has 1 N–H and O–H groups in total. The lowest BCUT2D eigenvalue weighted by Gasteiger charge is -2.27. The van der Waals surface area contributed by atoms with Crippen molar-refractivity contribution in [2.24, 2.45) is 0 Å². The number of aliphatic hydroxyl groups is 1. The highest BCUT2D eigenvalue weighted by Gasteiger charge is 2.47. The fourth-order valence-corrected chi connectivity index (χ4v) is 3.59. The number of anilines is 1. The van der Waals surface area contributed by atoms with Gasteiger partial charge >= 0.3 is 0 Å². The van der Waals surface area contributed by atoms with Crippen LogP contribution < -0.4 is 4.90 Å². The summed E-state index contributed by atoms with van der Waals surface area (Å²) in [6, 6.07) is 11.7. The number of Topliss-reactive ketones (excluding diaryl/α,β-unsaturated/α-hetero) is 1. The normalized spacial score (nSPS) is 18.3. The van der Waals surface area contributed by atoms with E-state index in [-0.39, 0.29) is 11.3 Å². The van der Waals surface area contributed by atoms with Crippen molar-refractivity contribution < 1.29 is 14.7 Å². The lowest BCUT2D eigenvalue weighted by molar-refractivity contribution is -0.132. The molecule has 0 spiro atoms. The van der Waals surface area contributed by atoms with Crippen LogP contribution in [-0.2, 0) is 9.59 Å². The number of pyridine rings is 2. The van der Waals surface area contributed by atoms with Gasteiger partial charge in [-0.1, -0.05) is 12.1 Å². The summed E-state index contributed by atoms with van der Waals surface area (Å²) < 4.78 is 0. The summed E-state index contributed by atoms with van der Waals surface area (Å²) in [5.41, 5.74) is 3.64. The number of rotatable bonds is 3. The van der Waals surface area contributed by atoms with Crippen molar-refractivity contribution in [1.82, 2.24) is 9.97 Å². The fourth-order valence-electron chi connectivity index (χ4n) is 3.59. The van der Waals surface area contributed by atoms with Crippen molar-refractivity contribution in [2.75, 3.05) is 4.90 Å². The molecule has 1 saturated heterocycles. The molecule has 1 atom stereocenters. The minimum absolute atomic E-state index is 0.0494. The number of amides is 1. The van der Waals surface area contributed by atoms with E-state index in [4.69, 9.17) is 0 Å². The SMILES string of the molecule is Cc1ccc(C)c(N2C(=O)C(=O)/C(=C(/O)c3ccncc3)C2c2ccncc2)c1. The van der Waals surface area contributed by atoms with Crippen molar-refractivity contribution >= 4 is 23.1 Å². The lowest BCUT2D eigenvalue weighted by atomic mass is 9.95. The molecule has 0 aliphatic carbocycles. The van der Waals surface area contributed by atoms with Gasteiger partial charge in [-0.2, -0.15) is 0 Å². The lowest BCUT2D eigenvalue weighted by Crippen LogP contribution is -2.30. The number of carbonyl (C=O) groups is 2. The molecular formula is C23H19N3O3. The maximum Gasteiger partial charge on any atom is 0.300 e. The molecule has 1 amide bonds. The summed E-state index contributed by atoms with van der Waals surface area (Å²) in [6.45, 7) is 3.82. The van der Waals surface area contributed by atoms with E-state index in [0.717, 1.165) is 11.1 Å². The third-order valence-electron chi connectivity index (χ3n) is 5.04. The maximum atomic E-state index is 13.1. The van der Waals surface area contributed by atoms with Crippen LogP contribution in [0.5, 0.6) is 0 Å². The molecule has 1 unspecified atom stereocenters. The van der Waals surface area contributed by atoms with Gasteiger partial charge < -0.3 is 5.11 Å². The number of benzene rings is 1. The van der Waals surface area contributed by atoms with E-state index in [9.17, 15) is 14.7 Å². The Labute approximate surface area is 168 Å². The zero-order chi connectivity index (χ0) is 20.5. The largest absolute Gasteiger partial charge is 0.507 e. The Hall–Kier alpha value is -3.80. The zero-order valence-corrected chi connectivity index (χ0v) is 16.0. The highest BCUT2D eigenvalue weighted by Crippen LogP contribution is 2.43. The van der Waals surface area contributed by atoms with Crippen molar-refractivity contribution in [1.29, 1.82) is 0 Å². The molecule has 3 aromatic rings. The average molecular weight is 385 g/mol. The van der Waals surface area contributed by atoms with Gasteiger partial charge in [0.2, 0.25) is 0 Å². The highest BCUT2D eigenvalue weighted by atomic mass is 16.3. The molecular weight excluding hydrogens is 366 g/mol. The van der Waals surface area contributed by atoms with E-state index in [1.807, 2.05) is 32.0 Å². The van der Waals surface area contributed by atoms with Gasteiger partial charge in [0.25, 0.3) is 11.7 Å². The number of aryl methyl sites for hydroxylation is 2. The minimum atomic E-state index is -0.758. The second kappa shape index (κ2) is 7.31. The van der Waals surface area contributed by atoms with Gasteiger partial charge in [0.05, 0.1) is 11.6 Å². The molecule has 1 aliphatic rings. The van der Waals surface area contributed by atoms with Crippen LogP contribution in [0.1, 0.15) is 28.3 Å². The van der Waals surface area contributed by atoms with Crippen LogP contribution >= 0.6 is 0 Å². The van der Waals surface area contributed by atoms with Crippen LogP contribution in [0.25, 0.3) is 5.76 Å². The van der Waals surface area contributed by atoms with Crippen molar-refractivity contribution in [3.05, 3.63) is 95.1 Å². The number of aromatic nitrogens is 2. The second-order valence-corrected chi connectivity index (χ2v) is 6.98. The number of hydrogen-bond acceptors (Lipinski definition) is 5. The minimum Gasteiger partial charge on any atom is -0.507 e. The Morgan fingerprint density at radius 2 is 1.55 bits per heavy atom. The van der Waals surface area contributed by atoms with Crippen LogP contribution in [0.2, 0.25) is 0 Å². The van der Waals surface area contributed by atoms with Crippen LogP contribution in [0.4, 0.5) is 5.69 Å². The van der Waals surface area contributed by atoms with Gasteiger partial charge in [0, 0.05) is 36.0 Å². The van der Waals surface area contributed by atoms with E-state index in [2.05, 4.69) is 9.97 Å². The molecule has 0 saturated carbocycles. The van der Waals surface area contributed by atoms with Crippen LogP contribution in [0.15, 0.2) is 72.8 Å². The van der Waals surface area contributed by atoms with Crippen molar-refractivity contribution in [3.63, 3.8) is 0 Å². The molecule has 1 aliphatic heterocycles. The standard InChI is InChI=1S/C23H19N3O3/c1-14-3-4-15(2)18(13-14)26-20(16-5-9-24-10-6-16)19(22(28)23(26)29)21(27)17-7-11-25-12-8-17/h3-13,20,27H,1-2H3/b21-19+. The van der Waals surface area contributed by atoms with Gasteiger partial charge in [0.15, 0.2) is 0 Å². The Bertz CT molecular complexity index is 1120. The molecule has 1 aromatic carbocycles. The molecule has 0 radical (unpaired) electrons. The molecule has 29 heavy (non-hydrogen) atoms. The molecule has 144 valence electrons. The molecule has 6 heteroatoms. The topological polar surface area (TPSA) is 83.4 Å². The van der Waals surface area contributed by atoms with E-state index >= 15 is 0 Å². The average Bonchev–Trinajstić information content (AvgIpc) is 3.01. The summed E-state index contributed by atoms with van der Waals surface area (Å²) in [6.07, 6.45) is 6.25. The second-order valence-electron chi connectivity index (χ2n) is 6.98. The molecule has 3 heterocycles. The Kier molecular flexibility index (Phi) is 4.68. The fraction of sp³-hybridized carbons (Fsp3) is 0.130. The summed E-state index contributed by atoms with van der Waals surface area (Å²) in [5, 5.41) is 11.0. The van der Waals surface area contributed by atoms with Gasteiger partial charge in [-0.3, -0.25) is 24.5 Å². The number of carbonyl (C=O) groups excluding carboxylic acids is 2. The summed E-state index contributed by atoms with van der Waals surface area (Å²) in [7, 11) is 0. The first kappa shape index (κ1) is 18.6. The number of aliphatic hydroxyl groups excluding tert-OH is 1. The quantitative estimate of drug-likeness (QED) is 0.422. The van der Waals surface area contributed by atoms with Gasteiger partial charge in [-0.15, -0.1) is 0 Å². The maximum absolute atomic E-state index is 13.1. The monoisotopic (exact) mass is 385 g/mol. The van der Waals surface area contributed by atoms with Crippen molar-refractivity contribution in [3.8, 4) is 0 Å². The van der Waals surface area contributed by atoms with E-state index in [0.29, 0.717) is 16.8 Å². The van der Waals surface area contributed by atoms with Crippen LogP contribution in [0, 0.1) is 13.8 Å². The molecule has 2 aromatic heterocycles. The number of nitrogens with zero attached hydrogens (tertiary/aromatic N) is 3. The smallest absolute Gasteiger partial charge is 0.300 e. The number of hydrogen-bond donors (Lipinski definition) is 1. The third kappa shape index (κ3) is 3.18. The van der Waals surface area contributed by atoms with Crippen LogP contribution in [0.3, 0.4) is 0 Å². The molecule has 0 bridgehead atoms. The van der Waals surface area contributed by atoms with Gasteiger partial charge in [-0.05, 0) is 60.9 Å². The Balaban J connectivity index is 1.98.